The Morgan fingerprint density at radius 1 is 1.29 bits per heavy atom. The van der Waals surface area contributed by atoms with Crippen molar-refractivity contribution in [1.29, 1.82) is 0 Å². The molecule has 0 saturated carbocycles. The summed E-state index contributed by atoms with van der Waals surface area (Å²) in [5, 5.41) is 3.88. The van der Waals surface area contributed by atoms with Crippen LogP contribution in [0.2, 0.25) is 0 Å². The summed E-state index contributed by atoms with van der Waals surface area (Å²) in [5.41, 5.74) is 1.43. The van der Waals surface area contributed by atoms with Crippen molar-refractivity contribution < 1.29 is 14.2 Å². The number of nitrogens with zero attached hydrogens (tertiary/aromatic N) is 2. The maximum absolute atomic E-state index is 13.0. The quantitative estimate of drug-likeness (QED) is 0.825. The Labute approximate surface area is 167 Å². The molecule has 0 unspecified atom stereocenters. The largest absolute Gasteiger partial charge is 0.454 e. The van der Waals surface area contributed by atoms with Crippen LogP contribution in [-0.2, 0) is 4.74 Å². The second-order valence-electron chi connectivity index (χ2n) is 8.04. The summed E-state index contributed by atoms with van der Waals surface area (Å²) in [6.45, 7) is 7.08. The summed E-state index contributed by atoms with van der Waals surface area (Å²) in [4.78, 5) is 17.7. The van der Waals surface area contributed by atoms with E-state index in [0.717, 1.165) is 40.8 Å². The van der Waals surface area contributed by atoms with E-state index in [2.05, 4.69) is 18.9 Å². The topological polar surface area (TPSA) is 77.8 Å². The van der Waals surface area contributed by atoms with Crippen LogP contribution in [0.5, 0.6) is 11.5 Å². The predicted octanol–water partition coefficient (Wildman–Crippen LogP) is 3.92. The molecule has 2 atom stereocenters. The number of aromatic amines is 1. The number of rotatable bonds is 2. The molecule has 7 nitrogen and oxygen atoms in total. The maximum atomic E-state index is 13.0. The first-order valence-corrected chi connectivity index (χ1v) is 10.4. The average molecular weight is 401 g/mol. The van der Waals surface area contributed by atoms with Gasteiger partial charge in [0.25, 0.3) is 5.56 Å². The van der Waals surface area contributed by atoms with Crippen molar-refractivity contribution in [2.75, 3.05) is 13.4 Å². The van der Waals surface area contributed by atoms with Gasteiger partial charge in [-0.1, -0.05) is 17.8 Å². The normalized spacial score (nSPS) is 25.3. The Kier molecular flexibility index (Phi) is 4.10. The van der Waals surface area contributed by atoms with Crippen molar-refractivity contribution in [3.05, 3.63) is 39.7 Å². The first-order chi connectivity index (χ1) is 13.4. The van der Waals surface area contributed by atoms with E-state index in [-0.39, 0.29) is 29.2 Å². The van der Waals surface area contributed by atoms with E-state index in [1.165, 1.54) is 0 Å². The molecule has 0 radical (unpaired) electrons. The summed E-state index contributed by atoms with van der Waals surface area (Å²) >= 11 is 1.60. The van der Waals surface area contributed by atoms with Gasteiger partial charge in [-0.15, -0.1) is 0 Å². The molecule has 1 aromatic carbocycles. The van der Waals surface area contributed by atoms with Gasteiger partial charge >= 0.3 is 0 Å². The minimum atomic E-state index is -0.212. The Bertz CT molecular complexity index is 1020. The van der Waals surface area contributed by atoms with Crippen molar-refractivity contribution >= 4 is 22.6 Å². The Morgan fingerprint density at radius 2 is 2.11 bits per heavy atom. The molecule has 0 bridgehead atoms. The number of hydrogen-bond donors (Lipinski definition) is 1. The van der Waals surface area contributed by atoms with Gasteiger partial charge in [0.05, 0.1) is 27.5 Å². The predicted molar refractivity (Wildman–Crippen MR) is 108 cm³/mol. The van der Waals surface area contributed by atoms with Gasteiger partial charge in [-0.25, -0.2) is 4.99 Å². The van der Waals surface area contributed by atoms with Crippen molar-refractivity contribution in [2.24, 2.45) is 4.99 Å². The molecule has 0 spiro atoms. The standard InChI is InChI=1S/C20H23N3O4S/c1-11-21-18-16(17(28-11)12-4-5-14-15(8-12)26-10-25-14)19(24)22-23(18)13-6-7-27-20(2,3)9-13/h4-5,8,13,17H,6-7,9-10H2,1-3H3,(H,22,24)/t13-,17-/m1/s1. The number of aliphatic imine (C=N–C) groups is 1. The van der Waals surface area contributed by atoms with Crippen molar-refractivity contribution in [3.8, 4) is 11.5 Å². The number of benzene rings is 1. The first-order valence-electron chi connectivity index (χ1n) is 9.51. The highest BCUT2D eigenvalue weighted by Gasteiger charge is 2.36. The molecule has 1 N–H and O–H groups in total. The zero-order chi connectivity index (χ0) is 19.5. The molecular formula is C20H23N3O4S. The summed E-state index contributed by atoms with van der Waals surface area (Å²) in [6, 6.07) is 6.04. The van der Waals surface area contributed by atoms with Crippen molar-refractivity contribution in [1.82, 2.24) is 9.78 Å². The molecule has 4 heterocycles. The van der Waals surface area contributed by atoms with Crippen LogP contribution in [-0.4, -0.2) is 33.8 Å². The fourth-order valence-electron chi connectivity index (χ4n) is 4.20. The van der Waals surface area contributed by atoms with Crippen LogP contribution in [0.1, 0.15) is 56.0 Å². The molecule has 0 aliphatic carbocycles. The first kappa shape index (κ1) is 17.9. The number of hydrogen-bond acceptors (Lipinski definition) is 6. The van der Waals surface area contributed by atoms with E-state index in [1.54, 1.807) is 11.8 Å². The van der Waals surface area contributed by atoms with Crippen LogP contribution in [0, 0.1) is 0 Å². The Morgan fingerprint density at radius 3 is 2.93 bits per heavy atom. The molecule has 3 aliphatic heterocycles. The van der Waals surface area contributed by atoms with Gasteiger partial charge in [-0.2, -0.15) is 0 Å². The molecule has 1 aromatic heterocycles. The smallest absolute Gasteiger partial charge is 0.271 e. The summed E-state index contributed by atoms with van der Waals surface area (Å²) in [5.74, 6) is 2.21. The molecule has 5 rings (SSSR count). The van der Waals surface area contributed by atoms with Crippen LogP contribution in [0.4, 0.5) is 5.82 Å². The van der Waals surface area contributed by atoms with Gasteiger partial charge in [0.2, 0.25) is 6.79 Å². The lowest BCUT2D eigenvalue weighted by atomic mass is 9.94. The molecule has 28 heavy (non-hydrogen) atoms. The van der Waals surface area contributed by atoms with Gasteiger partial charge in [-0.05, 0) is 51.3 Å². The van der Waals surface area contributed by atoms with Crippen LogP contribution in [0.3, 0.4) is 0 Å². The SMILES string of the molecule is CC1=Nc2c(c(=O)[nH]n2[C@@H]2CCOC(C)(C)C2)[C@@H](c2ccc3c(c2)OCO3)S1. The number of H-pyrrole nitrogens is 1. The molecule has 2 aromatic rings. The zero-order valence-electron chi connectivity index (χ0n) is 16.2. The molecule has 1 saturated heterocycles. The fourth-order valence-corrected chi connectivity index (χ4v) is 5.30. The van der Waals surface area contributed by atoms with E-state index in [0.29, 0.717) is 12.2 Å². The highest BCUT2D eigenvalue weighted by atomic mass is 32.2. The van der Waals surface area contributed by atoms with Crippen molar-refractivity contribution in [3.63, 3.8) is 0 Å². The highest BCUT2D eigenvalue weighted by Crippen LogP contribution is 2.47. The molecule has 148 valence electrons. The number of ether oxygens (including phenoxy) is 3. The monoisotopic (exact) mass is 401 g/mol. The van der Waals surface area contributed by atoms with E-state index in [1.807, 2.05) is 29.8 Å². The number of thioether (sulfide) groups is 1. The second kappa shape index (κ2) is 6.42. The molecule has 3 aliphatic rings. The minimum absolute atomic E-state index is 0.0780. The summed E-state index contributed by atoms with van der Waals surface area (Å²) < 4.78 is 18.8. The average Bonchev–Trinajstić information content (AvgIpc) is 3.24. The second-order valence-corrected chi connectivity index (χ2v) is 9.34. The highest BCUT2D eigenvalue weighted by molar-refractivity contribution is 8.14. The van der Waals surface area contributed by atoms with Gasteiger partial charge in [0.1, 0.15) is 0 Å². The lowest BCUT2D eigenvalue weighted by Gasteiger charge is -2.36. The Balaban J connectivity index is 1.58. The third kappa shape index (κ3) is 2.95. The van der Waals surface area contributed by atoms with E-state index in [4.69, 9.17) is 19.2 Å². The number of aromatic nitrogens is 2. The molecule has 0 amide bonds. The minimum Gasteiger partial charge on any atom is -0.454 e. The van der Waals surface area contributed by atoms with Gasteiger partial charge in [0.15, 0.2) is 17.3 Å². The van der Waals surface area contributed by atoms with Gasteiger partial charge in [0, 0.05) is 6.61 Å². The van der Waals surface area contributed by atoms with Gasteiger partial charge in [-0.3, -0.25) is 14.6 Å². The van der Waals surface area contributed by atoms with E-state index < -0.39 is 0 Å². The third-order valence-electron chi connectivity index (χ3n) is 5.49. The third-order valence-corrected chi connectivity index (χ3v) is 6.66. The lowest BCUT2D eigenvalue weighted by Crippen LogP contribution is -2.35. The fraction of sp³-hybridized carbons (Fsp3) is 0.500. The van der Waals surface area contributed by atoms with E-state index >= 15 is 0 Å². The van der Waals surface area contributed by atoms with E-state index in [9.17, 15) is 4.79 Å². The van der Waals surface area contributed by atoms with Gasteiger partial charge < -0.3 is 14.2 Å². The molecule has 1 fully saturated rings. The maximum Gasteiger partial charge on any atom is 0.271 e. The summed E-state index contributed by atoms with van der Waals surface area (Å²) in [7, 11) is 0. The number of nitrogens with one attached hydrogen (secondary N) is 1. The van der Waals surface area contributed by atoms with Crippen molar-refractivity contribution in [2.45, 2.75) is 50.5 Å². The van der Waals surface area contributed by atoms with Crippen LogP contribution >= 0.6 is 11.8 Å². The van der Waals surface area contributed by atoms with Crippen LogP contribution in [0.25, 0.3) is 0 Å². The van der Waals surface area contributed by atoms with Crippen LogP contribution < -0.4 is 15.0 Å². The summed E-state index contributed by atoms with van der Waals surface area (Å²) in [6.07, 6.45) is 1.69. The van der Waals surface area contributed by atoms with Crippen LogP contribution in [0.15, 0.2) is 28.0 Å². The zero-order valence-corrected chi connectivity index (χ0v) is 17.0. The number of fused-ring (bicyclic) bond motifs is 2. The Hall–Kier alpha value is -2.19. The lowest BCUT2D eigenvalue weighted by molar-refractivity contribution is -0.0705. The molecule has 8 heteroatoms. The molecular weight excluding hydrogens is 378 g/mol.